The molecule has 0 spiro atoms. The van der Waals surface area contributed by atoms with E-state index < -0.39 is 19.4 Å². The highest BCUT2D eigenvalue weighted by Crippen LogP contribution is 2.58. The Morgan fingerprint density at radius 2 is 1.00 bits per heavy atom. The zero-order valence-corrected chi connectivity index (χ0v) is 22.9. The van der Waals surface area contributed by atoms with Crippen molar-refractivity contribution in [3.63, 3.8) is 0 Å². The molecule has 0 fully saturated rings. The van der Waals surface area contributed by atoms with Gasteiger partial charge in [-0.1, -0.05) is 54.6 Å². The van der Waals surface area contributed by atoms with Gasteiger partial charge in [0.15, 0.2) is 5.82 Å². The molecule has 0 heterocycles. The number of hydrogen-bond donors (Lipinski definition) is 0. The zero-order valence-electron chi connectivity index (χ0n) is 19.8. The lowest BCUT2D eigenvalue weighted by atomic mass is 10.4. The van der Waals surface area contributed by atoms with Gasteiger partial charge in [-0.3, -0.25) is 0 Å². The topological polar surface area (TPSA) is 59.1 Å². The second-order valence-corrected chi connectivity index (χ2v) is 11.1. The lowest BCUT2D eigenvalue weighted by Gasteiger charge is -2.28. The van der Waals surface area contributed by atoms with Crippen molar-refractivity contribution in [3.05, 3.63) is 103 Å². The SMILES string of the molecule is CCOC(=O)N(Cl)C(=C[P+](c1ccccc1)(c1ccccc1)c1ccccc1)N(Cl)C(=O)OCC.[Cl-]. The minimum absolute atomic E-state index is 0. The van der Waals surface area contributed by atoms with Gasteiger partial charge in [0.1, 0.15) is 29.0 Å². The minimum Gasteiger partial charge on any atom is -1.00 e. The Labute approximate surface area is 228 Å². The van der Waals surface area contributed by atoms with Gasteiger partial charge in [-0.25, -0.2) is 9.59 Å². The van der Waals surface area contributed by atoms with E-state index in [1.54, 1.807) is 19.7 Å². The van der Waals surface area contributed by atoms with Crippen molar-refractivity contribution in [1.82, 2.24) is 8.84 Å². The van der Waals surface area contributed by atoms with Gasteiger partial charge in [0.05, 0.1) is 13.2 Å². The molecule has 0 bridgehead atoms. The Hall–Kier alpha value is -2.76. The number of halogens is 3. The van der Waals surface area contributed by atoms with Crippen molar-refractivity contribution >= 4 is 58.9 Å². The van der Waals surface area contributed by atoms with E-state index in [0.29, 0.717) is 8.84 Å². The van der Waals surface area contributed by atoms with Crippen LogP contribution >= 0.6 is 30.8 Å². The van der Waals surface area contributed by atoms with Gasteiger partial charge < -0.3 is 21.9 Å². The van der Waals surface area contributed by atoms with Gasteiger partial charge in [0.2, 0.25) is 0 Å². The van der Waals surface area contributed by atoms with Gasteiger partial charge in [-0.15, -0.1) is 0 Å². The van der Waals surface area contributed by atoms with Crippen molar-refractivity contribution in [2.45, 2.75) is 13.8 Å². The number of carbonyl (C=O) groups excluding carboxylic acids is 2. The molecule has 0 atom stereocenters. The van der Waals surface area contributed by atoms with Gasteiger partial charge in [0.25, 0.3) is 0 Å². The largest absolute Gasteiger partial charge is 1.00 e. The van der Waals surface area contributed by atoms with E-state index in [2.05, 4.69) is 0 Å². The summed E-state index contributed by atoms with van der Waals surface area (Å²) in [6, 6.07) is 29.5. The van der Waals surface area contributed by atoms with E-state index in [9.17, 15) is 9.59 Å². The molecule has 3 aromatic carbocycles. The molecule has 0 aliphatic rings. The summed E-state index contributed by atoms with van der Waals surface area (Å²) in [5, 5.41) is 2.91. The Balaban J connectivity index is 0.00000456. The van der Waals surface area contributed by atoms with E-state index in [1.807, 2.05) is 91.0 Å². The summed E-state index contributed by atoms with van der Waals surface area (Å²) >= 11 is 12.9. The summed E-state index contributed by atoms with van der Waals surface area (Å²) in [7, 11) is -2.66. The number of hydrogen-bond acceptors (Lipinski definition) is 4. The third-order valence-electron chi connectivity index (χ3n) is 5.06. The summed E-state index contributed by atoms with van der Waals surface area (Å²) in [5.74, 6) is 1.69. The maximum atomic E-state index is 12.7. The normalized spacial score (nSPS) is 10.4. The molecule has 2 amide bonds. The molecule has 0 saturated carbocycles. The van der Waals surface area contributed by atoms with Crippen LogP contribution in [0.5, 0.6) is 0 Å². The smallest absolute Gasteiger partial charge is 0.430 e. The highest BCUT2D eigenvalue weighted by molar-refractivity contribution is 7.98. The molecule has 0 aromatic heterocycles. The Morgan fingerprint density at radius 3 is 1.28 bits per heavy atom. The maximum Gasteiger partial charge on any atom is 0.430 e. The third-order valence-corrected chi connectivity index (χ3v) is 9.64. The van der Waals surface area contributed by atoms with Gasteiger partial charge >= 0.3 is 12.2 Å². The summed E-state index contributed by atoms with van der Waals surface area (Å²) < 4.78 is 11.6. The molecule has 0 unspecified atom stereocenters. The first kappa shape index (κ1) is 29.5. The Bertz CT molecular complexity index is 1030. The number of ether oxygens (including phenoxy) is 2. The minimum atomic E-state index is -2.66. The van der Waals surface area contributed by atoms with Gasteiger partial charge in [-0.05, 0) is 50.2 Å². The van der Waals surface area contributed by atoms with Crippen LogP contribution in [0.25, 0.3) is 0 Å². The van der Waals surface area contributed by atoms with Crippen molar-refractivity contribution in [2.24, 2.45) is 0 Å². The van der Waals surface area contributed by atoms with Crippen LogP contribution in [0.4, 0.5) is 9.59 Å². The van der Waals surface area contributed by atoms with Crippen LogP contribution < -0.4 is 28.3 Å². The fourth-order valence-corrected chi connectivity index (χ4v) is 7.93. The van der Waals surface area contributed by atoms with Crippen LogP contribution in [0.15, 0.2) is 103 Å². The second kappa shape index (κ2) is 14.1. The van der Waals surface area contributed by atoms with E-state index in [0.717, 1.165) is 15.9 Å². The fraction of sp³-hybridized carbons (Fsp3) is 0.154. The average molecular weight is 568 g/mol. The molecular weight excluding hydrogens is 542 g/mol. The molecule has 3 aromatic rings. The quantitative estimate of drug-likeness (QED) is 0.310. The number of carbonyl (C=O) groups is 2. The van der Waals surface area contributed by atoms with Crippen LogP contribution in [0, 0.1) is 0 Å². The molecule has 0 N–H and O–H groups in total. The summed E-state index contributed by atoms with van der Waals surface area (Å²) in [6.45, 7) is 3.50. The monoisotopic (exact) mass is 566 g/mol. The fourth-order valence-electron chi connectivity index (χ4n) is 3.56. The van der Waals surface area contributed by atoms with E-state index in [1.165, 1.54) is 0 Å². The molecular formula is C26H26Cl3N2O4P. The summed E-state index contributed by atoms with van der Waals surface area (Å²) in [5.41, 5.74) is 0. The maximum absolute atomic E-state index is 12.7. The Morgan fingerprint density at radius 1 is 0.694 bits per heavy atom. The van der Waals surface area contributed by atoms with Gasteiger partial charge in [-0.2, -0.15) is 8.84 Å². The second-order valence-electron chi connectivity index (χ2n) is 7.18. The highest BCUT2D eigenvalue weighted by Gasteiger charge is 2.46. The van der Waals surface area contributed by atoms with Crippen LogP contribution in [-0.4, -0.2) is 34.2 Å². The molecule has 0 aliphatic carbocycles. The molecule has 6 nitrogen and oxygen atoms in total. The predicted octanol–water partition coefficient (Wildman–Crippen LogP) is 3.01. The number of rotatable bonds is 8. The standard InChI is InChI=1S/C26H26Cl2N2O4P.ClH/c1-3-33-25(31)29(27)24(30(28)26(32)34-4-2)20-35(21-14-8-5-9-15-21,22-16-10-6-11-17-22)23-18-12-7-13-19-23;/h5-20H,3-4H2,1-2H3;1H/q+1;/p-1. The summed E-state index contributed by atoms with van der Waals surface area (Å²) in [6.07, 6.45) is -1.75. The van der Waals surface area contributed by atoms with Crippen molar-refractivity contribution < 1.29 is 31.5 Å². The first-order valence-electron chi connectivity index (χ1n) is 11.0. The van der Waals surface area contributed by atoms with Crippen LogP contribution in [0.1, 0.15) is 13.8 Å². The van der Waals surface area contributed by atoms with Crippen LogP contribution in [0.2, 0.25) is 0 Å². The highest BCUT2D eigenvalue weighted by atomic mass is 35.5. The number of nitrogens with zero attached hydrogens (tertiary/aromatic N) is 2. The number of amides is 2. The molecule has 36 heavy (non-hydrogen) atoms. The van der Waals surface area contributed by atoms with Crippen molar-refractivity contribution in [2.75, 3.05) is 13.2 Å². The summed E-state index contributed by atoms with van der Waals surface area (Å²) in [4.78, 5) is 25.3. The molecule has 0 radical (unpaired) electrons. The predicted molar refractivity (Wildman–Crippen MR) is 143 cm³/mol. The number of benzene rings is 3. The first-order chi connectivity index (χ1) is 17.0. The lowest BCUT2D eigenvalue weighted by molar-refractivity contribution is -0.0000222. The van der Waals surface area contributed by atoms with Crippen LogP contribution in [0.3, 0.4) is 0 Å². The molecule has 190 valence electrons. The molecule has 0 aliphatic heterocycles. The van der Waals surface area contributed by atoms with E-state index in [4.69, 9.17) is 33.0 Å². The average Bonchev–Trinajstić information content (AvgIpc) is 2.90. The molecule has 0 saturated heterocycles. The van der Waals surface area contributed by atoms with Gasteiger partial charge in [0, 0.05) is 23.6 Å². The van der Waals surface area contributed by atoms with E-state index >= 15 is 0 Å². The first-order valence-corrected chi connectivity index (χ1v) is 13.5. The van der Waals surface area contributed by atoms with E-state index in [-0.39, 0.29) is 31.4 Å². The zero-order chi connectivity index (χ0) is 25.3. The molecule has 10 heteroatoms. The van der Waals surface area contributed by atoms with Crippen molar-refractivity contribution in [1.29, 1.82) is 0 Å². The van der Waals surface area contributed by atoms with Crippen molar-refractivity contribution in [3.8, 4) is 0 Å². The Kier molecular flexibility index (Phi) is 11.5. The van der Waals surface area contributed by atoms with Crippen LogP contribution in [-0.2, 0) is 9.47 Å². The molecule has 3 rings (SSSR count). The lowest BCUT2D eigenvalue weighted by Crippen LogP contribution is -3.00. The third kappa shape index (κ3) is 6.51.